The van der Waals surface area contributed by atoms with Crippen LogP contribution in [0.1, 0.15) is 11.3 Å². The Morgan fingerprint density at radius 2 is 2.00 bits per heavy atom. The summed E-state index contributed by atoms with van der Waals surface area (Å²) in [6.45, 7) is 1.78. The Kier molecular flexibility index (Phi) is 5.38. The predicted octanol–water partition coefficient (Wildman–Crippen LogP) is 3.84. The van der Waals surface area contributed by atoms with Crippen molar-refractivity contribution in [3.63, 3.8) is 0 Å². The number of hydrogen-bond acceptors (Lipinski definition) is 5. The monoisotopic (exact) mass is 404 g/mol. The van der Waals surface area contributed by atoms with Gasteiger partial charge in [0, 0.05) is 22.9 Å². The quantitative estimate of drug-likeness (QED) is 0.701. The molecule has 27 heavy (non-hydrogen) atoms. The van der Waals surface area contributed by atoms with Crippen molar-refractivity contribution in [3.05, 3.63) is 64.9 Å². The van der Waals surface area contributed by atoms with Crippen LogP contribution in [0.3, 0.4) is 0 Å². The van der Waals surface area contributed by atoms with Crippen molar-refractivity contribution < 1.29 is 17.6 Å². The van der Waals surface area contributed by atoms with Gasteiger partial charge in [0.15, 0.2) is 9.84 Å². The summed E-state index contributed by atoms with van der Waals surface area (Å²) < 4.78 is 36.7. The highest BCUT2D eigenvalue weighted by atomic mass is 32.2. The van der Waals surface area contributed by atoms with Gasteiger partial charge in [-0.2, -0.15) is 0 Å². The number of thiazole rings is 1. The molecular formula is C19H17FN2O3S2. The number of carbonyl (C=O) groups excluding carboxylic acids is 1. The molecule has 1 amide bonds. The topological polar surface area (TPSA) is 76.1 Å². The average molecular weight is 404 g/mol. The molecule has 0 aliphatic carbocycles. The largest absolute Gasteiger partial charge is 0.325 e. The number of anilines is 1. The molecule has 2 aromatic carbocycles. The zero-order chi connectivity index (χ0) is 19.6. The molecule has 3 rings (SSSR count). The number of carbonyl (C=O) groups is 1. The van der Waals surface area contributed by atoms with E-state index in [4.69, 9.17) is 0 Å². The maximum atomic E-state index is 13.3. The van der Waals surface area contributed by atoms with E-state index in [9.17, 15) is 17.6 Å². The summed E-state index contributed by atoms with van der Waals surface area (Å²) in [5.41, 5.74) is 2.43. The standard InChI is InChI=1S/C19H17FN2O3S2/c1-12-6-7-16(27(2,24)25)10-17(12)22-18(23)9-15-11-26-19(21-15)13-4-3-5-14(20)8-13/h3-8,10-11H,9H2,1-2H3,(H,22,23). The highest BCUT2D eigenvalue weighted by Gasteiger charge is 2.13. The van der Waals surface area contributed by atoms with Gasteiger partial charge in [0.2, 0.25) is 5.91 Å². The van der Waals surface area contributed by atoms with Crippen LogP contribution in [0, 0.1) is 12.7 Å². The summed E-state index contributed by atoms with van der Waals surface area (Å²) in [4.78, 5) is 16.9. The van der Waals surface area contributed by atoms with Gasteiger partial charge in [-0.15, -0.1) is 11.3 Å². The molecule has 0 saturated carbocycles. The van der Waals surface area contributed by atoms with Crippen LogP contribution < -0.4 is 5.32 Å². The zero-order valence-corrected chi connectivity index (χ0v) is 16.3. The molecule has 0 radical (unpaired) electrons. The second-order valence-corrected chi connectivity index (χ2v) is 9.00. The fraction of sp³-hybridized carbons (Fsp3) is 0.158. The van der Waals surface area contributed by atoms with E-state index in [0.29, 0.717) is 22.0 Å². The summed E-state index contributed by atoms with van der Waals surface area (Å²) >= 11 is 1.33. The zero-order valence-electron chi connectivity index (χ0n) is 14.7. The van der Waals surface area contributed by atoms with Crippen molar-refractivity contribution in [2.45, 2.75) is 18.2 Å². The molecule has 0 aliphatic heterocycles. The Bertz CT molecular complexity index is 1110. The molecule has 0 bridgehead atoms. The summed E-state index contributed by atoms with van der Waals surface area (Å²) in [6.07, 6.45) is 1.15. The molecule has 0 spiro atoms. The van der Waals surface area contributed by atoms with Gasteiger partial charge in [0.05, 0.1) is 17.0 Å². The van der Waals surface area contributed by atoms with E-state index in [1.807, 2.05) is 0 Å². The van der Waals surface area contributed by atoms with Crippen LogP contribution in [0.2, 0.25) is 0 Å². The maximum absolute atomic E-state index is 13.3. The van der Waals surface area contributed by atoms with E-state index in [0.717, 1.165) is 11.8 Å². The molecule has 8 heteroatoms. The van der Waals surface area contributed by atoms with Gasteiger partial charge in [-0.1, -0.05) is 18.2 Å². The lowest BCUT2D eigenvalue weighted by molar-refractivity contribution is -0.115. The minimum atomic E-state index is -3.36. The second kappa shape index (κ2) is 7.58. The third kappa shape index (κ3) is 4.78. The molecule has 1 heterocycles. The molecule has 1 aromatic heterocycles. The van der Waals surface area contributed by atoms with Crippen molar-refractivity contribution >= 4 is 32.8 Å². The molecule has 5 nitrogen and oxygen atoms in total. The fourth-order valence-electron chi connectivity index (χ4n) is 2.47. The van der Waals surface area contributed by atoms with E-state index in [-0.39, 0.29) is 23.0 Å². The van der Waals surface area contributed by atoms with Crippen LogP contribution >= 0.6 is 11.3 Å². The number of nitrogens with one attached hydrogen (secondary N) is 1. The van der Waals surface area contributed by atoms with E-state index >= 15 is 0 Å². The number of sulfone groups is 1. The average Bonchev–Trinajstić information content (AvgIpc) is 3.04. The molecule has 1 N–H and O–H groups in total. The van der Waals surface area contributed by atoms with Gasteiger partial charge < -0.3 is 5.32 Å². The lowest BCUT2D eigenvalue weighted by Gasteiger charge is -2.09. The van der Waals surface area contributed by atoms with Crippen LogP contribution in [0.25, 0.3) is 10.6 Å². The first-order valence-electron chi connectivity index (χ1n) is 8.03. The van der Waals surface area contributed by atoms with E-state index < -0.39 is 9.84 Å². The van der Waals surface area contributed by atoms with Gasteiger partial charge in [-0.3, -0.25) is 4.79 Å². The summed E-state index contributed by atoms with van der Waals surface area (Å²) in [6, 6.07) is 10.7. The number of benzene rings is 2. The number of aromatic nitrogens is 1. The van der Waals surface area contributed by atoms with Gasteiger partial charge in [0.1, 0.15) is 10.8 Å². The van der Waals surface area contributed by atoms with Crippen LogP contribution in [0.4, 0.5) is 10.1 Å². The number of rotatable bonds is 5. The normalized spacial score (nSPS) is 11.4. The third-order valence-corrected chi connectivity index (χ3v) is 5.93. The number of nitrogens with zero attached hydrogens (tertiary/aromatic N) is 1. The Hall–Kier alpha value is -2.58. The summed E-state index contributed by atoms with van der Waals surface area (Å²) in [5, 5.41) is 5.11. The Morgan fingerprint density at radius 3 is 2.70 bits per heavy atom. The van der Waals surface area contributed by atoms with Crippen molar-refractivity contribution in [1.29, 1.82) is 0 Å². The lowest BCUT2D eigenvalue weighted by Crippen LogP contribution is -2.15. The Balaban J connectivity index is 1.74. The van der Waals surface area contributed by atoms with Crippen LogP contribution in [0.5, 0.6) is 0 Å². The van der Waals surface area contributed by atoms with Gasteiger partial charge >= 0.3 is 0 Å². The number of halogens is 1. The van der Waals surface area contributed by atoms with Gasteiger partial charge in [-0.05, 0) is 36.8 Å². The molecule has 0 unspecified atom stereocenters. The highest BCUT2D eigenvalue weighted by molar-refractivity contribution is 7.90. The van der Waals surface area contributed by atoms with Gasteiger partial charge in [0.25, 0.3) is 0 Å². The van der Waals surface area contributed by atoms with Crippen molar-refractivity contribution in [3.8, 4) is 10.6 Å². The van der Waals surface area contributed by atoms with Gasteiger partial charge in [-0.25, -0.2) is 17.8 Å². The lowest BCUT2D eigenvalue weighted by atomic mass is 10.2. The first kappa shape index (κ1) is 19.2. The molecule has 3 aromatic rings. The SMILES string of the molecule is Cc1ccc(S(C)(=O)=O)cc1NC(=O)Cc1csc(-c2cccc(F)c2)n1. The minimum absolute atomic E-state index is 0.0361. The maximum Gasteiger partial charge on any atom is 0.230 e. The third-order valence-electron chi connectivity index (χ3n) is 3.88. The minimum Gasteiger partial charge on any atom is -0.325 e. The predicted molar refractivity (Wildman–Crippen MR) is 104 cm³/mol. The Morgan fingerprint density at radius 1 is 1.22 bits per heavy atom. The molecule has 0 fully saturated rings. The van der Waals surface area contributed by atoms with Crippen molar-refractivity contribution in [2.75, 3.05) is 11.6 Å². The smallest absolute Gasteiger partial charge is 0.230 e. The summed E-state index contributed by atoms with van der Waals surface area (Å²) in [5.74, 6) is -0.650. The summed E-state index contributed by atoms with van der Waals surface area (Å²) in [7, 11) is -3.36. The Labute approximate surface area is 160 Å². The van der Waals surface area contributed by atoms with Crippen LogP contribution in [0.15, 0.2) is 52.7 Å². The van der Waals surface area contributed by atoms with Crippen LogP contribution in [-0.4, -0.2) is 25.6 Å². The highest BCUT2D eigenvalue weighted by Crippen LogP contribution is 2.25. The van der Waals surface area contributed by atoms with E-state index in [2.05, 4.69) is 10.3 Å². The second-order valence-electron chi connectivity index (χ2n) is 6.13. The number of amides is 1. The van der Waals surface area contributed by atoms with E-state index in [1.165, 1.54) is 35.6 Å². The number of hydrogen-bond donors (Lipinski definition) is 1. The van der Waals surface area contributed by atoms with Crippen molar-refractivity contribution in [1.82, 2.24) is 4.98 Å². The first-order valence-corrected chi connectivity index (χ1v) is 10.8. The fourth-order valence-corrected chi connectivity index (χ4v) is 3.93. The molecular weight excluding hydrogens is 387 g/mol. The first-order chi connectivity index (χ1) is 12.7. The number of aryl methyl sites for hydroxylation is 1. The molecule has 140 valence electrons. The molecule has 0 atom stereocenters. The van der Waals surface area contributed by atoms with E-state index in [1.54, 1.807) is 30.5 Å². The molecule has 0 saturated heterocycles. The van der Waals surface area contributed by atoms with Crippen LogP contribution in [-0.2, 0) is 21.1 Å². The molecule has 0 aliphatic rings. The van der Waals surface area contributed by atoms with Crippen molar-refractivity contribution in [2.24, 2.45) is 0 Å².